The lowest BCUT2D eigenvalue weighted by Crippen LogP contribution is -2.23. The Balaban J connectivity index is 2.33. The molecule has 72 valence electrons. The van der Waals surface area contributed by atoms with Crippen LogP contribution in [-0.2, 0) is 6.54 Å². The fraction of sp³-hybridized carbons (Fsp3) is 0.400. The van der Waals surface area contributed by atoms with E-state index < -0.39 is 0 Å². The third-order valence-electron chi connectivity index (χ3n) is 1.75. The van der Waals surface area contributed by atoms with E-state index >= 15 is 0 Å². The summed E-state index contributed by atoms with van der Waals surface area (Å²) in [6.07, 6.45) is -0.297. The topological polar surface area (TPSA) is 58.3 Å². The van der Waals surface area contributed by atoms with Gasteiger partial charge in [0.05, 0.1) is 6.10 Å². The van der Waals surface area contributed by atoms with Crippen molar-refractivity contribution in [3.05, 3.63) is 29.8 Å². The Labute approximate surface area is 78.6 Å². The highest BCUT2D eigenvalue weighted by Crippen LogP contribution is 2.04. The van der Waals surface area contributed by atoms with E-state index in [-0.39, 0.29) is 6.10 Å². The quantitative estimate of drug-likeness (QED) is 0.599. The maximum absolute atomic E-state index is 8.99. The van der Waals surface area contributed by atoms with Crippen molar-refractivity contribution in [2.45, 2.75) is 19.6 Å². The van der Waals surface area contributed by atoms with Crippen LogP contribution in [0, 0.1) is 0 Å². The van der Waals surface area contributed by atoms with Crippen molar-refractivity contribution in [2.24, 2.45) is 0 Å². The van der Waals surface area contributed by atoms with Crippen LogP contribution in [0.15, 0.2) is 24.3 Å². The zero-order chi connectivity index (χ0) is 9.68. The SMILES string of the molecule is CC(O)CNCc1ccc(N)cc1. The minimum Gasteiger partial charge on any atom is -0.399 e. The van der Waals surface area contributed by atoms with E-state index in [9.17, 15) is 0 Å². The first-order valence-corrected chi connectivity index (χ1v) is 4.41. The molecular formula is C10H16N2O. The molecule has 3 heteroatoms. The molecule has 0 saturated heterocycles. The molecule has 0 amide bonds. The predicted molar refractivity (Wildman–Crippen MR) is 54.2 cm³/mol. The van der Waals surface area contributed by atoms with Gasteiger partial charge in [0, 0.05) is 18.8 Å². The number of anilines is 1. The van der Waals surface area contributed by atoms with Gasteiger partial charge in [-0.25, -0.2) is 0 Å². The van der Waals surface area contributed by atoms with Gasteiger partial charge in [-0.3, -0.25) is 0 Å². The Morgan fingerprint density at radius 1 is 1.38 bits per heavy atom. The Morgan fingerprint density at radius 2 is 2.00 bits per heavy atom. The van der Waals surface area contributed by atoms with Gasteiger partial charge in [-0.1, -0.05) is 12.1 Å². The van der Waals surface area contributed by atoms with Gasteiger partial charge < -0.3 is 16.2 Å². The van der Waals surface area contributed by atoms with Gasteiger partial charge >= 0.3 is 0 Å². The molecule has 1 unspecified atom stereocenters. The number of rotatable bonds is 4. The number of nitrogens with two attached hydrogens (primary N) is 1. The summed E-state index contributed by atoms with van der Waals surface area (Å²) >= 11 is 0. The van der Waals surface area contributed by atoms with Gasteiger partial charge in [-0.05, 0) is 24.6 Å². The van der Waals surface area contributed by atoms with E-state index in [1.807, 2.05) is 24.3 Å². The highest BCUT2D eigenvalue weighted by atomic mass is 16.3. The maximum Gasteiger partial charge on any atom is 0.0636 e. The lowest BCUT2D eigenvalue weighted by molar-refractivity contribution is 0.191. The first-order valence-electron chi connectivity index (χ1n) is 4.41. The normalized spacial score (nSPS) is 12.8. The zero-order valence-corrected chi connectivity index (χ0v) is 7.83. The Bertz CT molecular complexity index is 244. The van der Waals surface area contributed by atoms with Crippen LogP contribution in [0.5, 0.6) is 0 Å². The molecule has 4 N–H and O–H groups in total. The van der Waals surface area contributed by atoms with E-state index in [0.29, 0.717) is 6.54 Å². The van der Waals surface area contributed by atoms with Crippen molar-refractivity contribution in [1.29, 1.82) is 0 Å². The summed E-state index contributed by atoms with van der Waals surface area (Å²) in [5, 5.41) is 12.1. The molecule has 13 heavy (non-hydrogen) atoms. The summed E-state index contributed by atoms with van der Waals surface area (Å²) in [6, 6.07) is 7.70. The maximum atomic E-state index is 8.99. The number of aliphatic hydroxyl groups is 1. The molecule has 0 aliphatic rings. The van der Waals surface area contributed by atoms with Gasteiger partial charge in [0.15, 0.2) is 0 Å². The van der Waals surface area contributed by atoms with Gasteiger partial charge in [-0.15, -0.1) is 0 Å². The molecule has 0 radical (unpaired) electrons. The second kappa shape index (κ2) is 4.84. The summed E-state index contributed by atoms with van der Waals surface area (Å²) in [7, 11) is 0. The summed E-state index contributed by atoms with van der Waals surface area (Å²) in [4.78, 5) is 0. The second-order valence-electron chi connectivity index (χ2n) is 3.22. The van der Waals surface area contributed by atoms with Crippen molar-refractivity contribution in [1.82, 2.24) is 5.32 Å². The third kappa shape index (κ3) is 3.92. The summed E-state index contributed by atoms with van der Waals surface area (Å²) in [6.45, 7) is 3.14. The van der Waals surface area contributed by atoms with Crippen LogP contribution in [0.2, 0.25) is 0 Å². The first-order chi connectivity index (χ1) is 6.18. The summed E-state index contributed by atoms with van der Waals surface area (Å²) in [5.41, 5.74) is 7.50. The molecule has 0 fully saturated rings. The average Bonchev–Trinajstić information content (AvgIpc) is 2.08. The molecule has 1 rings (SSSR count). The molecule has 0 aliphatic heterocycles. The monoisotopic (exact) mass is 180 g/mol. The lowest BCUT2D eigenvalue weighted by Gasteiger charge is -2.06. The van der Waals surface area contributed by atoms with Crippen LogP contribution in [-0.4, -0.2) is 17.8 Å². The first kappa shape index (κ1) is 10.0. The largest absolute Gasteiger partial charge is 0.399 e. The van der Waals surface area contributed by atoms with Crippen molar-refractivity contribution < 1.29 is 5.11 Å². The van der Waals surface area contributed by atoms with Gasteiger partial charge in [0.1, 0.15) is 0 Å². The Kier molecular flexibility index (Phi) is 3.73. The molecular weight excluding hydrogens is 164 g/mol. The molecule has 0 spiro atoms. The highest BCUT2D eigenvalue weighted by Gasteiger charge is 1.95. The van der Waals surface area contributed by atoms with Crippen LogP contribution < -0.4 is 11.1 Å². The summed E-state index contributed by atoms with van der Waals surface area (Å²) in [5.74, 6) is 0. The van der Waals surface area contributed by atoms with E-state index in [0.717, 1.165) is 12.2 Å². The van der Waals surface area contributed by atoms with E-state index in [1.165, 1.54) is 5.56 Å². The predicted octanol–water partition coefficient (Wildman–Crippen LogP) is 0.739. The van der Waals surface area contributed by atoms with Gasteiger partial charge in [0.2, 0.25) is 0 Å². The van der Waals surface area contributed by atoms with Crippen molar-refractivity contribution in [3.8, 4) is 0 Å². The number of aliphatic hydroxyl groups excluding tert-OH is 1. The van der Waals surface area contributed by atoms with Crippen molar-refractivity contribution in [3.63, 3.8) is 0 Å². The highest BCUT2D eigenvalue weighted by molar-refractivity contribution is 5.39. The Hall–Kier alpha value is -1.06. The van der Waals surface area contributed by atoms with Crippen molar-refractivity contribution >= 4 is 5.69 Å². The van der Waals surface area contributed by atoms with Crippen LogP contribution >= 0.6 is 0 Å². The fourth-order valence-electron chi connectivity index (χ4n) is 1.06. The van der Waals surface area contributed by atoms with E-state index in [1.54, 1.807) is 6.92 Å². The van der Waals surface area contributed by atoms with E-state index in [4.69, 9.17) is 10.8 Å². The molecule has 0 aromatic heterocycles. The zero-order valence-electron chi connectivity index (χ0n) is 7.83. The second-order valence-corrected chi connectivity index (χ2v) is 3.22. The summed E-state index contributed by atoms with van der Waals surface area (Å²) < 4.78 is 0. The van der Waals surface area contributed by atoms with Crippen LogP contribution in [0.25, 0.3) is 0 Å². The number of nitrogen functional groups attached to an aromatic ring is 1. The standard InChI is InChI=1S/C10H16N2O/c1-8(13)6-12-7-9-2-4-10(11)5-3-9/h2-5,8,12-13H,6-7,11H2,1H3. The molecule has 1 aromatic carbocycles. The number of hydrogen-bond donors (Lipinski definition) is 3. The molecule has 1 aromatic rings. The van der Waals surface area contributed by atoms with Crippen LogP contribution in [0.1, 0.15) is 12.5 Å². The molecule has 0 saturated carbocycles. The molecule has 3 nitrogen and oxygen atoms in total. The number of nitrogens with one attached hydrogen (secondary N) is 1. The Morgan fingerprint density at radius 3 is 2.54 bits per heavy atom. The average molecular weight is 180 g/mol. The smallest absolute Gasteiger partial charge is 0.0636 e. The molecule has 1 atom stereocenters. The minimum absolute atomic E-state index is 0.297. The number of benzene rings is 1. The number of hydrogen-bond acceptors (Lipinski definition) is 3. The molecule has 0 heterocycles. The van der Waals surface area contributed by atoms with Crippen LogP contribution in [0.4, 0.5) is 5.69 Å². The lowest BCUT2D eigenvalue weighted by atomic mass is 10.2. The van der Waals surface area contributed by atoms with E-state index in [2.05, 4.69) is 5.32 Å². The minimum atomic E-state index is -0.297. The van der Waals surface area contributed by atoms with Gasteiger partial charge in [-0.2, -0.15) is 0 Å². The third-order valence-corrected chi connectivity index (χ3v) is 1.75. The fourth-order valence-corrected chi connectivity index (χ4v) is 1.06. The van der Waals surface area contributed by atoms with Crippen molar-refractivity contribution in [2.75, 3.05) is 12.3 Å². The van der Waals surface area contributed by atoms with Gasteiger partial charge in [0.25, 0.3) is 0 Å². The molecule has 0 bridgehead atoms. The van der Waals surface area contributed by atoms with Crippen LogP contribution in [0.3, 0.4) is 0 Å². The molecule has 0 aliphatic carbocycles.